The lowest BCUT2D eigenvalue weighted by molar-refractivity contribution is -0.143. The van der Waals surface area contributed by atoms with Gasteiger partial charge >= 0.3 is 5.97 Å². The number of nitriles is 1. The summed E-state index contributed by atoms with van der Waals surface area (Å²) in [7, 11) is 1.41. The monoisotopic (exact) mass is 254 g/mol. The van der Waals surface area contributed by atoms with Crippen LogP contribution in [0.15, 0.2) is 0 Å². The van der Waals surface area contributed by atoms with Gasteiger partial charge in [0, 0.05) is 13.0 Å². The molecule has 18 heavy (non-hydrogen) atoms. The van der Waals surface area contributed by atoms with Gasteiger partial charge in [0.1, 0.15) is 6.04 Å². The minimum absolute atomic E-state index is 0.0129. The third-order valence-electron chi connectivity index (χ3n) is 2.93. The maximum Gasteiger partial charge on any atom is 0.322 e. The Kier molecular flexibility index (Phi) is 7.61. The van der Waals surface area contributed by atoms with Crippen LogP contribution >= 0.6 is 0 Å². The molecular weight excluding hydrogens is 228 g/mol. The third kappa shape index (κ3) is 7.29. The minimum Gasteiger partial charge on any atom is -0.468 e. The van der Waals surface area contributed by atoms with Gasteiger partial charge in [-0.05, 0) is 24.2 Å². The molecule has 0 rings (SSSR count). The van der Waals surface area contributed by atoms with Crippen LogP contribution in [-0.4, -0.2) is 25.7 Å². The highest BCUT2D eigenvalue weighted by Gasteiger charge is 2.24. The first-order valence-corrected chi connectivity index (χ1v) is 6.50. The van der Waals surface area contributed by atoms with Gasteiger partial charge in [-0.25, -0.2) is 0 Å². The number of nitrogens with zero attached hydrogens (tertiary/aromatic N) is 1. The van der Waals surface area contributed by atoms with E-state index in [-0.39, 0.29) is 17.4 Å². The molecule has 0 saturated carbocycles. The average molecular weight is 254 g/mol. The average Bonchev–Trinajstić information content (AvgIpc) is 2.30. The van der Waals surface area contributed by atoms with E-state index >= 15 is 0 Å². The second kappa shape index (κ2) is 8.10. The largest absolute Gasteiger partial charge is 0.468 e. The Morgan fingerprint density at radius 1 is 1.44 bits per heavy atom. The van der Waals surface area contributed by atoms with Crippen LogP contribution in [0.3, 0.4) is 0 Å². The van der Waals surface area contributed by atoms with Crippen molar-refractivity contribution in [2.75, 3.05) is 13.7 Å². The smallest absolute Gasteiger partial charge is 0.322 e. The number of ether oxygens (including phenoxy) is 1. The van der Waals surface area contributed by atoms with E-state index in [0.29, 0.717) is 18.9 Å². The van der Waals surface area contributed by atoms with Crippen LogP contribution in [0, 0.1) is 22.7 Å². The normalized spacial score (nSPS) is 13.2. The number of esters is 1. The minimum atomic E-state index is -0.253. The number of carbonyl (C=O) groups is 1. The molecule has 0 radical (unpaired) electrons. The van der Waals surface area contributed by atoms with E-state index in [0.717, 1.165) is 12.8 Å². The Labute approximate surface area is 111 Å². The molecule has 0 spiro atoms. The highest BCUT2D eigenvalue weighted by molar-refractivity contribution is 5.75. The van der Waals surface area contributed by atoms with Gasteiger partial charge in [0.25, 0.3) is 0 Å². The van der Waals surface area contributed by atoms with Crippen LogP contribution < -0.4 is 5.32 Å². The highest BCUT2D eigenvalue weighted by Crippen LogP contribution is 2.21. The van der Waals surface area contributed by atoms with Crippen LogP contribution in [-0.2, 0) is 9.53 Å². The number of nitrogens with one attached hydrogen (secondary N) is 1. The molecule has 4 heteroatoms. The molecule has 4 nitrogen and oxygen atoms in total. The first kappa shape index (κ1) is 16.9. The summed E-state index contributed by atoms with van der Waals surface area (Å²) in [5, 5.41) is 11.9. The summed E-state index contributed by atoms with van der Waals surface area (Å²) >= 11 is 0. The van der Waals surface area contributed by atoms with Crippen LogP contribution in [0.4, 0.5) is 0 Å². The van der Waals surface area contributed by atoms with E-state index < -0.39 is 0 Å². The molecule has 0 saturated heterocycles. The quantitative estimate of drug-likeness (QED) is 0.676. The van der Waals surface area contributed by atoms with Crippen molar-refractivity contribution < 1.29 is 9.53 Å². The van der Waals surface area contributed by atoms with Gasteiger partial charge in [-0.15, -0.1) is 0 Å². The van der Waals surface area contributed by atoms with Gasteiger partial charge in [0.2, 0.25) is 0 Å². The zero-order chi connectivity index (χ0) is 14.2. The summed E-state index contributed by atoms with van der Waals surface area (Å²) in [6.07, 6.45) is 2.13. The standard InChI is InChI=1S/C14H26N2O2/c1-11(2)9-12(13(17)18-5)16-10-14(3,4)7-6-8-15/h11-12,16H,6-7,9-10H2,1-5H3. The number of hydrogen-bond donors (Lipinski definition) is 1. The van der Waals surface area contributed by atoms with E-state index in [1.165, 1.54) is 7.11 Å². The first-order valence-electron chi connectivity index (χ1n) is 6.50. The molecule has 0 bridgehead atoms. The lowest BCUT2D eigenvalue weighted by atomic mass is 9.87. The molecule has 1 unspecified atom stereocenters. The van der Waals surface area contributed by atoms with Crippen molar-refractivity contribution in [3.05, 3.63) is 0 Å². The van der Waals surface area contributed by atoms with Gasteiger partial charge in [-0.1, -0.05) is 27.7 Å². The van der Waals surface area contributed by atoms with Crippen LogP contribution in [0.25, 0.3) is 0 Å². The zero-order valence-electron chi connectivity index (χ0n) is 12.2. The third-order valence-corrected chi connectivity index (χ3v) is 2.93. The molecule has 1 N–H and O–H groups in total. The Morgan fingerprint density at radius 3 is 2.50 bits per heavy atom. The predicted octanol–water partition coefficient (Wildman–Crippen LogP) is 2.49. The van der Waals surface area contributed by atoms with Crippen LogP contribution in [0.2, 0.25) is 0 Å². The molecule has 0 aliphatic rings. The van der Waals surface area contributed by atoms with Crippen molar-refractivity contribution in [1.29, 1.82) is 5.26 Å². The Morgan fingerprint density at radius 2 is 2.06 bits per heavy atom. The lowest BCUT2D eigenvalue weighted by Gasteiger charge is -2.27. The number of rotatable bonds is 8. The van der Waals surface area contributed by atoms with E-state index in [4.69, 9.17) is 10.00 Å². The summed E-state index contributed by atoms with van der Waals surface area (Å²) in [6.45, 7) is 9.07. The highest BCUT2D eigenvalue weighted by atomic mass is 16.5. The molecule has 104 valence electrons. The van der Waals surface area contributed by atoms with Crippen molar-refractivity contribution in [2.45, 2.75) is 53.0 Å². The van der Waals surface area contributed by atoms with Gasteiger partial charge in [-0.2, -0.15) is 5.26 Å². The van der Waals surface area contributed by atoms with E-state index in [9.17, 15) is 4.79 Å². The molecular formula is C14H26N2O2. The Balaban J connectivity index is 4.33. The fourth-order valence-corrected chi connectivity index (χ4v) is 1.76. The predicted molar refractivity (Wildman–Crippen MR) is 71.9 cm³/mol. The van der Waals surface area contributed by atoms with Crippen LogP contribution in [0.5, 0.6) is 0 Å². The molecule has 0 heterocycles. The number of methoxy groups -OCH3 is 1. The molecule has 0 aromatic carbocycles. The van der Waals surface area contributed by atoms with Gasteiger partial charge in [0.05, 0.1) is 13.2 Å². The van der Waals surface area contributed by atoms with Gasteiger partial charge in [0.15, 0.2) is 0 Å². The van der Waals surface area contributed by atoms with Crippen LogP contribution in [0.1, 0.15) is 47.0 Å². The molecule has 0 aliphatic carbocycles. The van der Waals surface area contributed by atoms with E-state index in [1.807, 2.05) is 0 Å². The van der Waals surface area contributed by atoms with Crippen molar-refractivity contribution in [3.8, 4) is 6.07 Å². The summed E-state index contributed by atoms with van der Waals surface area (Å²) < 4.78 is 4.81. The fourth-order valence-electron chi connectivity index (χ4n) is 1.76. The lowest BCUT2D eigenvalue weighted by Crippen LogP contribution is -2.43. The molecule has 0 aromatic rings. The first-order chi connectivity index (χ1) is 8.32. The number of carbonyl (C=O) groups excluding carboxylic acids is 1. The SMILES string of the molecule is COC(=O)C(CC(C)C)NCC(C)(C)CCC#N. The Hall–Kier alpha value is -1.08. The molecule has 0 aromatic heterocycles. The fraction of sp³-hybridized carbons (Fsp3) is 0.857. The molecule has 0 aliphatic heterocycles. The Bertz CT molecular complexity index is 293. The van der Waals surface area contributed by atoms with Crippen molar-refractivity contribution in [1.82, 2.24) is 5.32 Å². The van der Waals surface area contributed by atoms with Gasteiger partial charge < -0.3 is 10.1 Å². The molecule has 0 amide bonds. The molecule has 0 fully saturated rings. The summed E-state index contributed by atoms with van der Waals surface area (Å²) in [6, 6.07) is 1.90. The summed E-state index contributed by atoms with van der Waals surface area (Å²) in [5.41, 5.74) is 0.0129. The maximum absolute atomic E-state index is 11.6. The van der Waals surface area contributed by atoms with Crippen molar-refractivity contribution in [2.24, 2.45) is 11.3 Å². The van der Waals surface area contributed by atoms with Crippen molar-refractivity contribution in [3.63, 3.8) is 0 Å². The van der Waals surface area contributed by atoms with Crippen molar-refractivity contribution >= 4 is 5.97 Å². The second-order valence-electron chi connectivity index (χ2n) is 5.91. The summed E-state index contributed by atoms with van der Waals surface area (Å²) in [4.78, 5) is 11.6. The second-order valence-corrected chi connectivity index (χ2v) is 5.91. The van der Waals surface area contributed by atoms with E-state index in [1.54, 1.807) is 0 Å². The topological polar surface area (TPSA) is 62.1 Å². The zero-order valence-corrected chi connectivity index (χ0v) is 12.2. The number of hydrogen-bond acceptors (Lipinski definition) is 4. The molecule has 1 atom stereocenters. The van der Waals surface area contributed by atoms with E-state index in [2.05, 4.69) is 39.1 Å². The van der Waals surface area contributed by atoms with Gasteiger partial charge in [-0.3, -0.25) is 4.79 Å². The summed E-state index contributed by atoms with van der Waals surface area (Å²) in [5.74, 6) is 0.226. The maximum atomic E-state index is 11.6.